The van der Waals surface area contributed by atoms with Crippen LogP contribution in [0.15, 0.2) is 70.2 Å². The molecule has 6 nitrogen and oxygen atoms in total. The van der Waals surface area contributed by atoms with Gasteiger partial charge in [0.25, 0.3) is 5.91 Å². The first kappa shape index (κ1) is 24.8. The topological polar surface area (TPSA) is 69.0 Å². The van der Waals surface area contributed by atoms with Gasteiger partial charge in [-0.15, -0.1) is 0 Å². The van der Waals surface area contributed by atoms with Crippen molar-refractivity contribution in [3.63, 3.8) is 0 Å². The summed E-state index contributed by atoms with van der Waals surface area (Å²) in [6.07, 6.45) is 3.30. The van der Waals surface area contributed by atoms with E-state index < -0.39 is 5.97 Å². The van der Waals surface area contributed by atoms with E-state index in [0.717, 1.165) is 11.1 Å². The highest BCUT2D eigenvalue weighted by molar-refractivity contribution is 8.26. The lowest BCUT2D eigenvalue weighted by Gasteiger charge is -2.19. The van der Waals surface area contributed by atoms with Crippen molar-refractivity contribution in [3.05, 3.63) is 88.2 Å². The average molecular weight is 508 g/mol. The molecule has 3 aromatic rings. The number of thioether (sulfide) groups is 1. The smallest absolute Gasteiger partial charge is 0.343 e. The van der Waals surface area contributed by atoms with Crippen LogP contribution in [-0.2, 0) is 16.8 Å². The summed E-state index contributed by atoms with van der Waals surface area (Å²) in [6, 6.07) is 16.1. The molecule has 1 saturated heterocycles. The van der Waals surface area contributed by atoms with Crippen LogP contribution >= 0.6 is 24.0 Å². The Kier molecular flexibility index (Phi) is 7.14. The van der Waals surface area contributed by atoms with E-state index in [1.54, 1.807) is 54.8 Å². The average Bonchev–Trinajstić information content (AvgIpc) is 3.43. The van der Waals surface area contributed by atoms with E-state index in [-0.39, 0.29) is 17.9 Å². The van der Waals surface area contributed by atoms with Gasteiger partial charge in [-0.2, -0.15) is 0 Å². The first-order chi connectivity index (χ1) is 16.7. The number of furan rings is 1. The number of benzene rings is 2. The predicted molar refractivity (Wildman–Crippen MR) is 141 cm³/mol. The second-order valence-electron chi connectivity index (χ2n) is 8.97. The zero-order valence-electron chi connectivity index (χ0n) is 19.9. The fourth-order valence-electron chi connectivity index (χ4n) is 3.47. The predicted octanol–water partition coefficient (Wildman–Crippen LogP) is 6.21. The van der Waals surface area contributed by atoms with Gasteiger partial charge in [-0.3, -0.25) is 9.69 Å². The SMILES string of the molecule is COc1cc(/C=C2\SC(=S)N(Cc3ccco3)C2=O)ccc1OC(=O)c1ccc(C(C)(C)C)cc1. The molecule has 1 aromatic heterocycles. The Morgan fingerprint density at radius 2 is 1.86 bits per heavy atom. The number of methoxy groups -OCH3 is 1. The number of ether oxygens (including phenoxy) is 2. The summed E-state index contributed by atoms with van der Waals surface area (Å²) >= 11 is 6.61. The number of rotatable bonds is 6. The molecule has 2 heterocycles. The standard InChI is InChI=1S/C27H25NO5S2/c1-27(2,3)19-10-8-18(9-11-19)25(30)33-21-12-7-17(14-22(21)31-4)15-23-24(29)28(26(34)35-23)16-20-6-5-13-32-20/h5-15H,16H2,1-4H3/b23-15-. The molecule has 0 unspecified atom stereocenters. The largest absolute Gasteiger partial charge is 0.493 e. The summed E-state index contributed by atoms with van der Waals surface area (Å²) in [5, 5.41) is 0. The summed E-state index contributed by atoms with van der Waals surface area (Å²) in [6.45, 7) is 6.63. The molecule has 1 aliphatic heterocycles. The molecule has 1 amide bonds. The zero-order valence-corrected chi connectivity index (χ0v) is 21.5. The molecule has 0 spiro atoms. The van der Waals surface area contributed by atoms with E-state index in [0.29, 0.717) is 32.0 Å². The summed E-state index contributed by atoms with van der Waals surface area (Å²) < 4.78 is 16.8. The molecular formula is C27H25NO5S2. The minimum atomic E-state index is -0.477. The first-order valence-electron chi connectivity index (χ1n) is 10.9. The van der Waals surface area contributed by atoms with Gasteiger partial charge in [0.1, 0.15) is 10.1 Å². The fourth-order valence-corrected chi connectivity index (χ4v) is 4.72. The molecule has 2 aromatic carbocycles. The molecule has 0 saturated carbocycles. The van der Waals surface area contributed by atoms with Crippen LogP contribution in [0.2, 0.25) is 0 Å². The summed E-state index contributed by atoms with van der Waals surface area (Å²) in [5.41, 5.74) is 2.29. The molecular weight excluding hydrogens is 482 g/mol. The Balaban J connectivity index is 1.49. The Morgan fingerprint density at radius 3 is 2.49 bits per heavy atom. The van der Waals surface area contributed by atoms with Crippen LogP contribution in [0, 0.1) is 0 Å². The number of carbonyl (C=O) groups excluding carboxylic acids is 2. The maximum atomic E-state index is 12.9. The maximum Gasteiger partial charge on any atom is 0.343 e. The second kappa shape index (κ2) is 10.1. The van der Waals surface area contributed by atoms with Crippen molar-refractivity contribution < 1.29 is 23.5 Å². The molecule has 1 aliphatic rings. The van der Waals surface area contributed by atoms with Crippen LogP contribution < -0.4 is 9.47 Å². The van der Waals surface area contributed by atoms with Gasteiger partial charge in [0.2, 0.25) is 0 Å². The molecule has 180 valence electrons. The highest BCUT2D eigenvalue weighted by atomic mass is 32.2. The van der Waals surface area contributed by atoms with E-state index >= 15 is 0 Å². The highest BCUT2D eigenvalue weighted by Gasteiger charge is 2.32. The van der Waals surface area contributed by atoms with Crippen LogP contribution in [0.25, 0.3) is 6.08 Å². The lowest BCUT2D eigenvalue weighted by Crippen LogP contribution is -2.27. The van der Waals surface area contributed by atoms with Gasteiger partial charge in [0, 0.05) is 0 Å². The highest BCUT2D eigenvalue weighted by Crippen LogP contribution is 2.36. The van der Waals surface area contributed by atoms with Crippen molar-refractivity contribution in [1.29, 1.82) is 0 Å². The van der Waals surface area contributed by atoms with E-state index in [1.807, 2.05) is 12.1 Å². The number of hydrogen-bond donors (Lipinski definition) is 0. The van der Waals surface area contributed by atoms with Gasteiger partial charge in [-0.05, 0) is 59.0 Å². The third kappa shape index (κ3) is 5.66. The molecule has 0 N–H and O–H groups in total. The first-order valence-corrected chi connectivity index (χ1v) is 12.2. The van der Waals surface area contributed by atoms with Crippen LogP contribution in [0.3, 0.4) is 0 Å². The lowest BCUT2D eigenvalue weighted by molar-refractivity contribution is -0.122. The molecule has 1 fully saturated rings. The van der Waals surface area contributed by atoms with Gasteiger partial charge in [0.05, 0.1) is 30.4 Å². The Morgan fingerprint density at radius 1 is 1.11 bits per heavy atom. The fraction of sp³-hybridized carbons (Fsp3) is 0.222. The molecule has 0 aliphatic carbocycles. The van der Waals surface area contributed by atoms with Gasteiger partial charge >= 0.3 is 5.97 Å². The number of hydrogen-bond acceptors (Lipinski definition) is 7. The van der Waals surface area contributed by atoms with Crippen molar-refractivity contribution in [2.24, 2.45) is 0 Å². The number of nitrogens with zero attached hydrogens (tertiary/aromatic N) is 1. The number of amides is 1. The zero-order chi connectivity index (χ0) is 25.2. The van der Waals surface area contributed by atoms with E-state index in [2.05, 4.69) is 20.8 Å². The number of carbonyl (C=O) groups is 2. The minimum absolute atomic E-state index is 0.00543. The summed E-state index contributed by atoms with van der Waals surface area (Å²) in [5.74, 6) is 0.660. The van der Waals surface area contributed by atoms with Crippen molar-refractivity contribution in [2.45, 2.75) is 32.7 Å². The van der Waals surface area contributed by atoms with Crippen molar-refractivity contribution in [1.82, 2.24) is 4.90 Å². The quantitative estimate of drug-likeness (QED) is 0.170. The molecule has 35 heavy (non-hydrogen) atoms. The maximum absolute atomic E-state index is 12.9. The monoisotopic (exact) mass is 507 g/mol. The van der Waals surface area contributed by atoms with Crippen molar-refractivity contribution in [2.75, 3.05) is 7.11 Å². The van der Waals surface area contributed by atoms with E-state index in [1.165, 1.54) is 23.8 Å². The summed E-state index contributed by atoms with van der Waals surface area (Å²) in [4.78, 5) is 27.5. The lowest BCUT2D eigenvalue weighted by atomic mass is 9.87. The van der Waals surface area contributed by atoms with Crippen LogP contribution in [0.1, 0.15) is 48.0 Å². The number of thiocarbonyl (C=S) groups is 1. The molecule has 8 heteroatoms. The van der Waals surface area contributed by atoms with E-state index in [9.17, 15) is 9.59 Å². The molecule has 0 bridgehead atoms. The molecule has 0 radical (unpaired) electrons. The summed E-state index contributed by atoms with van der Waals surface area (Å²) in [7, 11) is 1.50. The van der Waals surface area contributed by atoms with Crippen LogP contribution in [0.4, 0.5) is 0 Å². The normalized spacial score (nSPS) is 15.1. The van der Waals surface area contributed by atoms with E-state index in [4.69, 9.17) is 26.1 Å². The Bertz CT molecular complexity index is 1290. The van der Waals surface area contributed by atoms with Gasteiger partial charge < -0.3 is 13.9 Å². The van der Waals surface area contributed by atoms with Gasteiger partial charge in [0.15, 0.2) is 11.5 Å². The molecule has 0 atom stereocenters. The van der Waals surface area contributed by atoms with Crippen LogP contribution in [-0.4, -0.2) is 28.2 Å². The minimum Gasteiger partial charge on any atom is -0.493 e. The van der Waals surface area contributed by atoms with Gasteiger partial charge in [-0.25, -0.2) is 4.79 Å². The molecule has 4 rings (SSSR count). The van der Waals surface area contributed by atoms with Crippen molar-refractivity contribution in [3.8, 4) is 11.5 Å². The second-order valence-corrected chi connectivity index (χ2v) is 10.7. The third-order valence-corrected chi connectivity index (χ3v) is 6.82. The van der Waals surface area contributed by atoms with Crippen LogP contribution in [0.5, 0.6) is 11.5 Å². The third-order valence-electron chi connectivity index (χ3n) is 5.44. The van der Waals surface area contributed by atoms with Crippen molar-refractivity contribution >= 4 is 46.3 Å². The Hall–Kier alpha value is -3.36. The Labute approximate surface area is 213 Å². The number of esters is 1. The van der Waals surface area contributed by atoms with Gasteiger partial charge in [-0.1, -0.05) is 63.0 Å².